The molecule has 148 valence electrons. The van der Waals surface area contributed by atoms with Gasteiger partial charge >= 0.3 is 6.18 Å². The van der Waals surface area contributed by atoms with Crippen LogP contribution in [0, 0.1) is 5.92 Å². The van der Waals surface area contributed by atoms with Crippen molar-refractivity contribution in [1.82, 2.24) is 15.2 Å². The van der Waals surface area contributed by atoms with E-state index in [1.807, 2.05) is 12.1 Å². The molecule has 1 aliphatic carbocycles. The summed E-state index contributed by atoms with van der Waals surface area (Å²) in [7, 11) is 1.43. The van der Waals surface area contributed by atoms with Gasteiger partial charge in [-0.3, -0.25) is 9.69 Å². The molecule has 0 aliphatic heterocycles. The zero-order valence-corrected chi connectivity index (χ0v) is 15.7. The van der Waals surface area contributed by atoms with E-state index in [9.17, 15) is 18.0 Å². The van der Waals surface area contributed by atoms with Crippen molar-refractivity contribution in [3.05, 3.63) is 35.0 Å². The number of amides is 1. The Morgan fingerprint density at radius 1 is 1.37 bits per heavy atom. The summed E-state index contributed by atoms with van der Waals surface area (Å²) >= 11 is 0. The van der Waals surface area contributed by atoms with Gasteiger partial charge in [-0.25, -0.2) is 0 Å². The number of aromatic amines is 1. The first-order chi connectivity index (χ1) is 12.7. The lowest BCUT2D eigenvalue weighted by Gasteiger charge is -2.18. The molecular formula is C20H26F3N3O. The lowest BCUT2D eigenvalue weighted by molar-refractivity contribution is -0.143. The number of H-pyrrole nitrogens is 1. The van der Waals surface area contributed by atoms with Crippen molar-refractivity contribution >= 4 is 16.8 Å². The van der Waals surface area contributed by atoms with E-state index in [2.05, 4.69) is 17.2 Å². The van der Waals surface area contributed by atoms with Crippen molar-refractivity contribution < 1.29 is 18.0 Å². The summed E-state index contributed by atoms with van der Waals surface area (Å²) in [4.78, 5) is 17.2. The van der Waals surface area contributed by atoms with Crippen LogP contribution >= 0.6 is 0 Å². The predicted molar refractivity (Wildman–Crippen MR) is 100.0 cm³/mol. The smallest absolute Gasteiger partial charge is 0.358 e. The first kappa shape index (κ1) is 19.7. The Kier molecular flexibility index (Phi) is 5.79. The SMILES string of the molecule is CC1CCc2[nH]c3c(C(=O)NCCCN(C)CC(F)(F)F)cccc3c2C1. The molecule has 4 nitrogen and oxygen atoms in total. The first-order valence-electron chi connectivity index (χ1n) is 9.40. The second-order valence-electron chi connectivity index (χ2n) is 7.62. The molecule has 3 rings (SSSR count). The number of alkyl halides is 3. The van der Waals surface area contributed by atoms with Gasteiger partial charge in [0.05, 0.1) is 17.6 Å². The molecule has 0 fully saturated rings. The van der Waals surface area contributed by atoms with Crippen molar-refractivity contribution in [3.63, 3.8) is 0 Å². The first-order valence-corrected chi connectivity index (χ1v) is 9.40. The van der Waals surface area contributed by atoms with E-state index in [4.69, 9.17) is 0 Å². The number of nitrogens with one attached hydrogen (secondary N) is 2. The summed E-state index contributed by atoms with van der Waals surface area (Å²) in [6.45, 7) is 1.92. The highest BCUT2D eigenvalue weighted by molar-refractivity contribution is 6.06. The molecule has 0 saturated heterocycles. The third-order valence-electron chi connectivity index (χ3n) is 5.17. The van der Waals surface area contributed by atoms with Crippen LogP contribution in [0.5, 0.6) is 0 Å². The Morgan fingerprint density at radius 2 is 2.15 bits per heavy atom. The lowest BCUT2D eigenvalue weighted by atomic mass is 9.87. The highest BCUT2D eigenvalue weighted by Gasteiger charge is 2.28. The Morgan fingerprint density at radius 3 is 2.89 bits per heavy atom. The average molecular weight is 381 g/mol. The second-order valence-corrected chi connectivity index (χ2v) is 7.62. The highest BCUT2D eigenvalue weighted by Crippen LogP contribution is 2.32. The minimum absolute atomic E-state index is 0.189. The standard InChI is InChI=1S/C20H26F3N3O/c1-13-7-8-17-16(11-13)14-5-3-6-15(18(14)25-17)19(27)24-9-4-10-26(2)12-20(21,22)23/h3,5-6,13,25H,4,7-12H2,1-2H3,(H,24,27). The quantitative estimate of drug-likeness (QED) is 0.746. The van der Waals surface area contributed by atoms with Crippen LogP contribution in [0.15, 0.2) is 18.2 Å². The topological polar surface area (TPSA) is 48.1 Å². The van der Waals surface area contributed by atoms with E-state index in [-0.39, 0.29) is 12.5 Å². The normalized spacial score (nSPS) is 17.3. The van der Waals surface area contributed by atoms with Crippen LogP contribution in [0.25, 0.3) is 10.9 Å². The monoisotopic (exact) mass is 381 g/mol. The third kappa shape index (κ3) is 4.83. The molecular weight excluding hydrogens is 355 g/mol. The summed E-state index contributed by atoms with van der Waals surface area (Å²) in [5, 5.41) is 3.94. The fourth-order valence-electron chi connectivity index (χ4n) is 3.84. The molecule has 1 aliphatic rings. The Bertz CT molecular complexity index is 813. The number of aromatic nitrogens is 1. The number of hydrogen-bond donors (Lipinski definition) is 2. The fraction of sp³-hybridized carbons (Fsp3) is 0.550. The summed E-state index contributed by atoms with van der Waals surface area (Å²) in [6.07, 6.45) is -0.568. The van der Waals surface area contributed by atoms with Gasteiger partial charge in [0, 0.05) is 17.6 Å². The van der Waals surface area contributed by atoms with Crippen molar-refractivity contribution in [2.45, 2.75) is 38.8 Å². The van der Waals surface area contributed by atoms with Crippen LogP contribution < -0.4 is 5.32 Å². The zero-order valence-electron chi connectivity index (χ0n) is 15.7. The minimum Gasteiger partial charge on any atom is -0.358 e. The zero-order chi connectivity index (χ0) is 19.6. The van der Waals surface area contributed by atoms with E-state index >= 15 is 0 Å². The molecule has 1 atom stereocenters. The van der Waals surface area contributed by atoms with Gasteiger partial charge in [-0.05, 0) is 56.8 Å². The molecule has 0 saturated carbocycles. The number of carbonyl (C=O) groups excluding carboxylic acids is 1. The molecule has 0 bridgehead atoms. The summed E-state index contributed by atoms with van der Waals surface area (Å²) in [5.74, 6) is 0.452. The van der Waals surface area contributed by atoms with Crippen LogP contribution in [0.1, 0.15) is 41.4 Å². The van der Waals surface area contributed by atoms with Gasteiger partial charge < -0.3 is 10.3 Å². The number of hydrogen-bond acceptors (Lipinski definition) is 2. The molecule has 27 heavy (non-hydrogen) atoms. The number of rotatable bonds is 6. The summed E-state index contributed by atoms with van der Waals surface area (Å²) in [6, 6.07) is 5.73. The Hall–Kier alpha value is -2.02. The van der Waals surface area contributed by atoms with E-state index in [1.54, 1.807) is 6.07 Å². The summed E-state index contributed by atoms with van der Waals surface area (Å²) < 4.78 is 37.0. The molecule has 0 radical (unpaired) electrons. The number of para-hydroxylation sites is 1. The van der Waals surface area contributed by atoms with Crippen molar-refractivity contribution in [1.29, 1.82) is 0 Å². The Labute approximate surface area is 157 Å². The molecule has 2 N–H and O–H groups in total. The third-order valence-corrected chi connectivity index (χ3v) is 5.17. The van der Waals surface area contributed by atoms with E-state index in [0.717, 1.165) is 30.2 Å². The van der Waals surface area contributed by atoms with Gasteiger partial charge in [0.15, 0.2) is 0 Å². The number of aryl methyl sites for hydroxylation is 1. The molecule has 1 aromatic carbocycles. The molecule has 1 unspecified atom stereocenters. The maximum absolute atomic E-state index is 12.6. The van der Waals surface area contributed by atoms with Crippen molar-refractivity contribution in [3.8, 4) is 0 Å². The molecule has 2 aromatic rings. The number of carbonyl (C=O) groups is 1. The van der Waals surface area contributed by atoms with E-state index in [1.165, 1.54) is 23.2 Å². The second kappa shape index (κ2) is 7.92. The predicted octanol–water partition coefficient (Wildman–Crippen LogP) is 3.91. The van der Waals surface area contributed by atoms with Gasteiger partial charge in [0.2, 0.25) is 0 Å². The van der Waals surface area contributed by atoms with Crippen LogP contribution in [0.3, 0.4) is 0 Å². The number of benzene rings is 1. The number of halogens is 3. The molecule has 1 heterocycles. The van der Waals surface area contributed by atoms with Crippen molar-refractivity contribution in [2.24, 2.45) is 5.92 Å². The van der Waals surface area contributed by atoms with E-state index < -0.39 is 12.7 Å². The van der Waals surface area contributed by atoms with Crippen molar-refractivity contribution in [2.75, 3.05) is 26.7 Å². The molecule has 0 spiro atoms. The summed E-state index contributed by atoms with van der Waals surface area (Å²) in [5.41, 5.74) is 3.99. The van der Waals surface area contributed by atoms with Crippen LogP contribution in [-0.4, -0.2) is 48.6 Å². The Balaban J connectivity index is 1.61. The number of nitrogens with zero attached hydrogens (tertiary/aromatic N) is 1. The highest BCUT2D eigenvalue weighted by atomic mass is 19.4. The van der Waals surface area contributed by atoms with Crippen LogP contribution in [0.2, 0.25) is 0 Å². The van der Waals surface area contributed by atoms with Gasteiger partial charge in [-0.2, -0.15) is 13.2 Å². The van der Waals surface area contributed by atoms with Gasteiger partial charge in [-0.1, -0.05) is 19.1 Å². The lowest BCUT2D eigenvalue weighted by Crippen LogP contribution is -2.33. The largest absolute Gasteiger partial charge is 0.401 e. The van der Waals surface area contributed by atoms with Gasteiger partial charge in [-0.15, -0.1) is 0 Å². The molecule has 1 amide bonds. The number of fused-ring (bicyclic) bond motifs is 3. The van der Waals surface area contributed by atoms with Crippen LogP contribution in [0.4, 0.5) is 13.2 Å². The molecule has 1 aromatic heterocycles. The van der Waals surface area contributed by atoms with Gasteiger partial charge in [0.25, 0.3) is 5.91 Å². The maximum atomic E-state index is 12.6. The van der Waals surface area contributed by atoms with Gasteiger partial charge in [0.1, 0.15) is 0 Å². The molecule has 7 heteroatoms. The van der Waals surface area contributed by atoms with Crippen LogP contribution in [-0.2, 0) is 12.8 Å². The van der Waals surface area contributed by atoms with E-state index in [0.29, 0.717) is 24.4 Å². The minimum atomic E-state index is -4.20. The maximum Gasteiger partial charge on any atom is 0.401 e. The average Bonchev–Trinajstić information content (AvgIpc) is 2.95. The fourth-order valence-corrected chi connectivity index (χ4v) is 3.84.